The number of rotatable bonds is 5. The molecule has 0 aliphatic rings. The van der Waals surface area contributed by atoms with Gasteiger partial charge >= 0.3 is 5.97 Å². The maximum Gasteiger partial charge on any atom is 0.338 e. The Morgan fingerprint density at radius 1 is 1.10 bits per heavy atom. The van der Waals surface area contributed by atoms with Crippen molar-refractivity contribution < 1.29 is 9.53 Å². The number of aromatic nitrogens is 1. The van der Waals surface area contributed by atoms with Crippen molar-refractivity contribution in [1.29, 1.82) is 5.26 Å². The molecule has 4 nitrogen and oxygen atoms in total. The molecule has 0 fully saturated rings. The van der Waals surface area contributed by atoms with E-state index in [0.717, 1.165) is 32.7 Å². The summed E-state index contributed by atoms with van der Waals surface area (Å²) >= 11 is 3.42. The van der Waals surface area contributed by atoms with Gasteiger partial charge in [-0.25, -0.2) is 4.79 Å². The normalized spacial score (nSPS) is 11.2. The van der Waals surface area contributed by atoms with Gasteiger partial charge in [-0.05, 0) is 80.4 Å². The number of hydrogen-bond donors (Lipinski definition) is 0. The van der Waals surface area contributed by atoms with E-state index in [4.69, 9.17) is 4.74 Å². The van der Waals surface area contributed by atoms with Crippen molar-refractivity contribution >= 4 is 33.5 Å². The van der Waals surface area contributed by atoms with Crippen LogP contribution in [0.1, 0.15) is 39.8 Å². The number of carbonyl (C=O) groups excluding carboxylic acids is 1. The van der Waals surface area contributed by atoms with Gasteiger partial charge in [0.15, 0.2) is 0 Å². The molecule has 0 aliphatic heterocycles. The van der Waals surface area contributed by atoms with Crippen molar-refractivity contribution in [2.75, 3.05) is 6.61 Å². The summed E-state index contributed by atoms with van der Waals surface area (Å²) in [5.74, 6) is -0.322. The van der Waals surface area contributed by atoms with Gasteiger partial charge in [0.05, 0.1) is 23.8 Å². The Balaban J connectivity index is 1.97. The van der Waals surface area contributed by atoms with Crippen LogP contribution in [-0.2, 0) is 4.74 Å². The predicted octanol–water partition coefficient (Wildman–Crippen LogP) is 6.10. The van der Waals surface area contributed by atoms with Crippen LogP contribution in [0.5, 0.6) is 0 Å². The Labute approximate surface area is 179 Å². The first-order valence-electron chi connectivity index (χ1n) is 9.28. The van der Waals surface area contributed by atoms with Gasteiger partial charge in [-0.2, -0.15) is 5.26 Å². The number of carbonyl (C=O) groups is 1. The third-order valence-electron chi connectivity index (χ3n) is 4.68. The highest BCUT2D eigenvalue weighted by atomic mass is 79.9. The van der Waals surface area contributed by atoms with Crippen molar-refractivity contribution in [3.8, 4) is 11.8 Å². The first-order chi connectivity index (χ1) is 13.9. The van der Waals surface area contributed by atoms with Crippen LogP contribution in [-0.4, -0.2) is 17.1 Å². The van der Waals surface area contributed by atoms with Crippen LogP contribution in [0.4, 0.5) is 0 Å². The molecular formula is C24H21BrN2O2. The largest absolute Gasteiger partial charge is 0.462 e. The summed E-state index contributed by atoms with van der Waals surface area (Å²) in [5, 5.41) is 9.64. The maximum atomic E-state index is 11.9. The number of esters is 1. The number of ether oxygens (including phenoxy) is 1. The lowest BCUT2D eigenvalue weighted by Gasteiger charge is -2.10. The molecule has 0 amide bonds. The molecule has 0 atom stereocenters. The number of nitriles is 1. The van der Waals surface area contributed by atoms with Gasteiger partial charge < -0.3 is 9.30 Å². The fraction of sp³-hybridized carbons (Fsp3) is 0.167. The number of benzene rings is 2. The lowest BCUT2D eigenvalue weighted by Crippen LogP contribution is -2.05. The first kappa shape index (κ1) is 20.6. The summed E-state index contributed by atoms with van der Waals surface area (Å²) in [7, 11) is 0. The molecule has 1 aromatic heterocycles. The fourth-order valence-corrected chi connectivity index (χ4v) is 3.52. The zero-order chi connectivity index (χ0) is 21.0. The van der Waals surface area contributed by atoms with Gasteiger partial charge in [0.2, 0.25) is 0 Å². The summed E-state index contributed by atoms with van der Waals surface area (Å²) in [6.45, 7) is 6.19. The van der Waals surface area contributed by atoms with Gasteiger partial charge in [0.25, 0.3) is 0 Å². The van der Waals surface area contributed by atoms with Gasteiger partial charge in [-0.15, -0.1) is 0 Å². The molecule has 0 spiro atoms. The van der Waals surface area contributed by atoms with Crippen LogP contribution in [0.2, 0.25) is 0 Å². The van der Waals surface area contributed by atoms with E-state index in [9.17, 15) is 10.1 Å². The fourth-order valence-electron chi connectivity index (χ4n) is 3.26. The Morgan fingerprint density at radius 3 is 2.31 bits per heavy atom. The summed E-state index contributed by atoms with van der Waals surface area (Å²) in [5.41, 5.74) is 6.02. The highest BCUT2D eigenvalue weighted by Gasteiger charge is 2.12. The number of halogens is 1. The standard InChI is InChI=1S/C24H21BrN2O2/c1-4-29-24(28)19-7-11-23(12-8-19)27-16(2)13-20(17(27)3)14-21(15-26)18-5-9-22(25)10-6-18/h5-14H,4H2,1-3H3. The third kappa shape index (κ3) is 4.49. The van der Waals surface area contributed by atoms with E-state index in [2.05, 4.69) is 32.6 Å². The van der Waals surface area contributed by atoms with Gasteiger partial charge in [0, 0.05) is 21.5 Å². The monoisotopic (exact) mass is 448 g/mol. The highest BCUT2D eigenvalue weighted by molar-refractivity contribution is 9.10. The minimum absolute atomic E-state index is 0.322. The Morgan fingerprint density at radius 2 is 1.72 bits per heavy atom. The van der Waals surface area contributed by atoms with Crippen molar-refractivity contribution in [3.63, 3.8) is 0 Å². The van der Waals surface area contributed by atoms with Crippen molar-refractivity contribution in [2.24, 2.45) is 0 Å². The molecule has 3 rings (SSSR count). The average Bonchev–Trinajstić information content (AvgIpc) is 3.00. The second kappa shape index (κ2) is 8.93. The zero-order valence-electron chi connectivity index (χ0n) is 16.6. The zero-order valence-corrected chi connectivity index (χ0v) is 18.2. The molecule has 2 aromatic carbocycles. The Bertz CT molecular complexity index is 1100. The number of hydrogen-bond acceptors (Lipinski definition) is 3. The van der Waals surface area contributed by atoms with Gasteiger partial charge in [-0.1, -0.05) is 28.1 Å². The highest BCUT2D eigenvalue weighted by Crippen LogP contribution is 2.26. The third-order valence-corrected chi connectivity index (χ3v) is 5.21. The molecule has 1 heterocycles. The van der Waals surface area contributed by atoms with Crippen LogP contribution < -0.4 is 0 Å². The van der Waals surface area contributed by atoms with Gasteiger partial charge in [0.1, 0.15) is 0 Å². The number of nitrogens with zero attached hydrogens (tertiary/aromatic N) is 2. The minimum Gasteiger partial charge on any atom is -0.462 e. The molecule has 0 radical (unpaired) electrons. The van der Waals surface area contributed by atoms with Crippen molar-refractivity contribution in [2.45, 2.75) is 20.8 Å². The van der Waals surface area contributed by atoms with E-state index in [0.29, 0.717) is 17.7 Å². The SMILES string of the molecule is CCOC(=O)c1ccc(-n2c(C)cc(C=C(C#N)c3ccc(Br)cc3)c2C)cc1. The molecule has 0 bridgehead atoms. The molecule has 0 N–H and O–H groups in total. The molecule has 0 aliphatic carbocycles. The molecule has 3 aromatic rings. The van der Waals surface area contributed by atoms with Crippen LogP contribution >= 0.6 is 15.9 Å². The van der Waals surface area contributed by atoms with E-state index < -0.39 is 0 Å². The van der Waals surface area contributed by atoms with E-state index in [1.54, 1.807) is 19.1 Å². The first-order valence-corrected chi connectivity index (χ1v) is 10.1. The van der Waals surface area contributed by atoms with Crippen LogP contribution in [0.25, 0.3) is 17.3 Å². The predicted molar refractivity (Wildman–Crippen MR) is 119 cm³/mol. The number of aryl methyl sites for hydroxylation is 1. The summed E-state index contributed by atoms with van der Waals surface area (Å²) < 4.78 is 8.13. The lowest BCUT2D eigenvalue weighted by atomic mass is 10.0. The van der Waals surface area contributed by atoms with E-state index >= 15 is 0 Å². The summed E-state index contributed by atoms with van der Waals surface area (Å²) in [6, 6.07) is 19.4. The quantitative estimate of drug-likeness (QED) is 0.350. The molecule has 0 saturated carbocycles. The average molecular weight is 449 g/mol. The van der Waals surface area contributed by atoms with Crippen LogP contribution in [0, 0.1) is 25.2 Å². The Kier molecular flexibility index (Phi) is 6.36. The van der Waals surface area contributed by atoms with Crippen LogP contribution in [0.3, 0.4) is 0 Å². The van der Waals surface area contributed by atoms with E-state index in [-0.39, 0.29) is 5.97 Å². The summed E-state index contributed by atoms with van der Waals surface area (Å²) in [4.78, 5) is 11.9. The van der Waals surface area contributed by atoms with E-state index in [1.807, 2.05) is 56.3 Å². The smallest absolute Gasteiger partial charge is 0.338 e. The second-order valence-corrected chi connectivity index (χ2v) is 7.52. The minimum atomic E-state index is -0.322. The molecule has 0 unspecified atom stereocenters. The van der Waals surface area contributed by atoms with Gasteiger partial charge in [-0.3, -0.25) is 0 Å². The molecule has 29 heavy (non-hydrogen) atoms. The molecule has 146 valence electrons. The van der Waals surface area contributed by atoms with Crippen LogP contribution in [0.15, 0.2) is 59.1 Å². The van der Waals surface area contributed by atoms with Crippen molar-refractivity contribution in [1.82, 2.24) is 4.57 Å². The second-order valence-electron chi connectivity index (χ2n) is 6.61. The molecular weight excluding hydrogens is 428 g/mol. The van der Waals surface area contributed by atoms with Crippen molar-refractivity contribution in [3.05, 3.63) is 87.1 Å². The summed E-state index contributed by atoms with van der Waals surface area (Å²) in [6.07, 6.45) is 1.91. The lowest BCUT2D eigenvalue weighted by molar-refractivity contribution is 0.0526. The Hall–Kier alpha value is -3.10. The topological polar surface area (TPSA) is 55.0 Å². The maximum absolute atomic E-state index is 11.9. The molecule has 0 saturated heterocycles. The number of allylic oxidation sites excluding steroid dienone is 1. The molecule has 5 heteroatoms. The van der Waals surface area contributed by atoms with E-state index in [1.165, 1.54) is 0 Å².